The zero-order chi connectivity index (χ0) is 14.6. The van der Waals surface area contributed by atoms with Gasteiger partial charge in [0.15, 0.2) is 5.82 Å². The minimum absolute atomic E-state index is 0.332. The van der Waals surface area contributed by atoms with E-state index in [9.17, 15) is 0 Å². The van der Waals surface area contributed by atoms with Gasteiger partial charge in [0, 0.05) is 17.9 Å². The Bertz CT molecular complexity index is 402. The maximum Gasteiger partial charge on any atom is 0.162 e. The van der Waals surface area contributed by atoms with Crippen molar-refractivity contribution in [2.75, 3.05) is 12.3 Å². The number of anilines is 1. The van der Waals surface area contributed by atoms with E-state index >= 15 is 0 Å². The van der Waals surface area contributed by atoms with Gasteiger partial charge in [0.25, 0.3) is 0 Å². The third kappa shape index (κ3) is 3.06. The molecule has 0 atom stereocenters. The Morgan fingerprint density at radius 1 is 1.16 bits per heavy atom. The van der Waals surface area contributed by atoms with Crippen LogP contribution in [0.15, 0.2) is 0 Å². The molecular formula is C15H27N3O. The summed E-state index contributed by atoms with van der Waals surface area (Å²) in [6, 6.07) is 0. The summed E-state index contributed by atoms with van der Waals surface area (Å²) in [4.78, 5) is 9.20. The van der Waals surface area contributed by atoms with Gasteiger partial charge in [-0.3, -0.25) is 0 Å². The molecule has 19 heavy (non-hydrogen) atoms. The van der Waals surface area contributed by atoms with E-state index in [0.717, 1.165) is 29.9 Å². The minimum Gasteiger partial charge on any atom is -0.383 e. The Morgan fingerprint density at radius 2 is 1.74 bits per heavy atom. The number of nitrogen functional groups attached to an aromatic ring is 1. The molecule has 0 saturated heterocycles. The van der Waals surface area contributed by atoms with Crippen molar-refractivity contribution in [3.63, 3.8) is 0 Å². The third-order valence-corrected chi connectivity index (χ3v) is 3.71. The fourth-order valence-corrected chi connectivity index (χ4v) is 2.63. The summed E-state index contributed by atoms with van der Waals surface area (Å²) in [5.74, 6) is 1.64. The predicted molar refractivity (Wildman–Crippen MR) is 79.2 cm³/mol. The van der Waals surface area contributed by atoms with Gasteiger partial charge in [-0.15, -0.1) is 0 Å². The number of rotatable bonds is 6. The predicted octanol–water partition coefficient (Wildman–Crippen LogP) is 3.54. The van der Waals surface area contributed by atoms with E-state index in [1.54, 1.807) is 0 Å². The molecule has 4 heteroatoms. The summed E-state index contributed by atoms with van der Waals surface area (Å²) in [6.45, 7) is 13.1. The summed E-state index contributed by atoms with van der Waals surface area (Å²) < 4.78 is 5.94. The van der Waals surface area contributed by atoms with Crippen LogP contribution in [0, 0.1) is 6.92 Å². The summed E-state index contributed by atoms with van der Waals surface area (Å²) in [5.41, 5.74) is 7.71. The van der Waals surface area contributed by atoms with Gasteiger partial charge < -0.3 is 10.5 Å². The van der Waals surface area contributed by atoms with Crippen LogP contribution in [0.2, 0.25) is 0 Å². The molecule has 1 heterocycles. The van der Waals surface area contributed by atoms with Crippen LogP contribution in [0.5, 0.6) is 0 Å². The average Bonchev–Trinajstić information content (AvgIpc) is 2.34. The molecular weight excluding hydrogens is 238 g/mol. The monoisotopic (exact) mass is 265 g/mol. The van der Waals surface area contributed by atoms with Gasteiger partial charge in [-0.1, -0.05) is 27.7 Å². The van der Waals surface area contributed by atoms with Gasteiger partial charge in [0.2, 0.25) is 0 Å². The molecule has 0 aliphatic rings. The number of aromatic nitrogens is 2. The highest BCUT2D eigenvalue weighted by molar-refractivity contribution is 5.44. The smallest absolute Gasteiger partial charge is 0.162 e. The lowest BCUT2D eigenvalue weighted by atomic mass is 9.94. The van der Waals surface area contributed by atoms with Gasteiger partial charge in [-0.2, -0.15) is 0 Å². The molecule has 0 aromatic carbocycles. The van der Waals surface area contributed by atoms with Gasteiger partial charge in [-0.05, 0) is 32.6 Å². The van der Waals surface area contributed by atoms with E-state index in [2.05, 4.69) is 37.7 Å². The molecule has 0 spiro atoms. The van der Waals surface area contributed by atoms with Crippen LogP contribution in [0.1, 0.15) is 70.5 Å². The van der Waals surface area contributed by atoms with E-state index in [0.29, 0.717) is 18.3 Å². The van der Waals surface area contributed by atoms with Gasteiger partial charge >= 0.3 is 0 Å². The van der Waals surface area contributed by atoms with Crippen molar-refractivity contribution in [2.45, 2.75) is 65.9 Å². The van der Waals surface area contributed by atoms with Crippen molar-refractivity contribution < 1.29 is 4.74 Å². The normalized spacial score (nSPS) is 12.2. The molecule has 1 aromatic heterocycles. The Kier molecular flexibility index (Phi) is 5.29. The molecule has 0 amide bonds. The molecule has 1 rings (SSSR count). The van der Waals surface area contributed by atoms with Crippen LogP contribution in [-0.2, 0) is 10.3 Å². The van der Waals surface area contributed by atoms with Gasteiger partial charge in [0.05, 0.1) is 0 Å². The number of nitrogens with zero attached hydrogens (tertiary/aromatic N) is 2. The van der Waals surface area contributed by atoms with Crippen LogP contribution >= 0.6 is 0 Å². The summed E-state index contributed by atoms with van der Waals surface area (Å²) in [5, 5.41) is 0. The number of hydrogen-bond acceptors (Lipinski definition) is 4. The first-order valence-corrected chi connectivity index (χ1v) is 7.20. The summed E-state index contributed by atoms with van der Waals surface area (Å²) in [6.07, 6.45) is 1.69. The van der Waals surface area contributed by atoms with Crippen LogP contribution in [-0.4, -0.2) is 16.6 Å². The van der Waals surface area contributed by atoms with Crippen molar-refractivity contribution in [3.05, 3.63) is 17.1 Å². The number of nitrogens with two attached hydrogens (primary N) is 1. The van der Waals surface area contributed by atoms with Crippen molar-refractivity contribution in [1.29, 1.82) is 0 Å². The number of ether oxygens (including phenoxy) is 1. The van der Waals surface area contributed by atoms with E-state index in [-0.39, 0.29) is 0 Å². The van der Waals surface area contributed by atoms with E-state index in [4.69, 9.17) is 10.5 Å². The highest BCUT2D eigenvalue weighted by atomic mass is 16.5. The lowest BCUT2D eigenvalue weighted by molar-refractivity contribution is -0.0571. The fourth-order valence-electron chi connectivity index (χ4n) is 2.63. The fraction of sp³-hybridized carbons (Fsp3) is 0.733. The summed E-state index contributed by atoms with van der Waals surface area (Å²) in [7, 11) is 0. The van der Waals surface area contributed by atoms with Crippen molar-refractivity contribution in [2.24, 2.45) is 0 Å². The topological polar surface area (TPSA) is 61.0 Å². The highest BCUT2D eigenvalue weighted by Gasteiger charge is 2.33. The first-order chi connectivity index (χ1) is 8.91. The highest BCUT2D eigenvalue weighted by Crippen LogP contribution is 2.33. The largest absolute Gasteiger partial charge is 0.383 e. The molecule has 0 fully saturated rings. The number of hydrogen-bond donors (Lipinski definition) is 1. The van der Waals surface area contributed by atoms with Crippen LogP contribution in [0.4, 0.5) is 5.82 Å². The summed E-state index contributed by atoms with van der Waals surface area (Å²) >= 11 is 0. The second kappa shape index (κ2) is 6.33. The quantitative estimate of drug-likeness (QED) is 0.854. The molecule has 0 aliphatic heterocycles. The molecule has 2 N–H and O–H groups in total. The van der Waals surface area contributed by atoms with E-state index in [1.807, 2.05) is 13.8 Å². The molecule has 108 valence electrons. The lowest BCUT2D eigenvalue weighted by Gasteiger charge is -2.30. The van der Waals surface area contributed by atoms with Crippen LogP contribution in [0.3, 0.4) is 0 Å². The molecule has 0 bridgehead atoms. The maximum absolute atomic E-state index is 6.12. The van der Waals surface area contributed by atoms with Crippen LogP contribution < -0.4 is 5.73 Å². The Morgan fingerprint density at radius 3 is 2.11 bits per heavy atom. The lowest BCUT2D eigenvalue weighted by Crippen LogP contribution is -2.32. The Balaban J connectivity index is 3.34. The first-order valence-electron chi connectivity index (χ1n) is 7.20. The van der Waals surface area contributed by atoms with E-state index < -0.39 is 5.60 Å². The molecule has 1 aromatic rings. The molecule has 0 aliphatic carbocycles. The molecule has 0 unspecified atom stereocenters. The standard InChI is InChI=1S/C15H27N3O/c1-7-15(8-2,19-9-3)14-17-11(6)12(10(4)5)13(16)18-14/h10H,7-9H2,1-6H3,(H2,16,17,18). The van der Waals surface area contributed by atoms with Crippen LogP contribution in [0.25, 0.3) is 0 Å². The molecule has 4 nitrogen and oxygen atoms in total. The Hall–Kier alpha value is -1.16. The molecule has 0 radical (unpaired) electrons. The second-order valence-electron chi connectivity index (χ2n) is 5.22. The van der Waals surface area contributed by atoms with Gasteiger partial charge in [0.1, 0.15) is 11.4 Å². The van der Waals surface area contributed by atoms with E-state index in [1.165, 1.54) is 0 Å². The number of aryl methyl sites for hydroxylation is 1. The van der Waals surface area contributed by atoms with Crippen molar-refractivity contribution in [3.8, 4) is 0 Å². The third-order valence-electron chi connectivity index (χ3n) is 3.71. The maximum atomic E-state index is 6.12. The first kappa shape index (κ1) is 15.9. The minimum atomic E-state index is -0.414. The Labute approximate surface area is 116 Å². The SMILES string of the molecule is CCOC(CC)(CC)c1nc(C)c(C(C)C)c(N)n1. The molecule has 0 saturated carbocycles. The van der Waals surface area contributed by atoms with Crippen molar-refractivity contribution in [1.82, 2.24) is 9.97 Å². The van der Waals surface area contributed by atoms with Crippen molar-refractivity contribution >= 4 is 5.82 Å². The zero-order valence-electron chi connectivity index (χ0n) is 13.1. The zero-order valence-corrected chi connectivity index (χ0v) is 13.1. The van der Waals surface area contributed by atoms with Gasteiger partial charge in [-0.25, -0.2) is 9.97 Å². The second-order valence-corrected chi connectivity index (χ2v) is 5.22. The average molecular weight is 265 g/mol.